The van der Waals surface area contributed by atoms with E-state index in [0.717, 1.165) is 41.7 Å². The fraction of sp³-hybridized carbons (Fsp3) is 0.500. The van der Waals surface area contributed by atoms with Crippen LogP contribution in [0.1, 0.15) is 25.3 Å². The Kier molecular flexibility index (Phi) is 4.26. The topological polar surface area (TPSA) is 53.0 Å². The van der Waals surface area contributed by atoms with Crippen molar-refractivity contribution >= 4 is 21.6 Å². The molecule has 2 unspecified atom stereocenters. The van der Waals surface area contributed by atoms with Crippen LogP contribution in [-0.2, 0) is 0 Å². The van der Waals surface area contributed by atoms with Gasteiger partial charge in [-0.2, -0.15) is 5.26 Å². The second kappa shape index (κ2) is 5.73. The van der Waals surface area contributed by atoms with E-state index in [4.69, 9.17) is 5.73 Å². The lowest BCUT2D eigenvalue weighted by Gasteiger charge is -2.38. The van der Waals surface area contributed by atoms with Crippen LogP contribution in [0.25, 0.3) is 0 Å². The van der Waals surface area contributed by atoms with Crippen LogP contribution < -0.4 is 10.6 Å². The van der Waals surface area contributed by atoms with Gasteiger partial charge in [0, 0.05) is 23.6 Å². The molecule has 0 spiro atoms. The number of nitrogens with two attached hydrogens (primary N) is 1. The first-order valence-corrected chi connectivity index (χ1v) is 7.15. The molecule has 1 aliphatic rings. The minimum atomic E-state index is 0.295. The summed E-state index contributed by atoms with van der Waals surface area (Å²) in [7, 11) is 0. The summed E-state index contributed by atoms with van der Waals surface area (Å²) in [6, 6.07) is 8.38. The Morgan fingerprint density at radius 2 is 2.33 bits per heavy atom. The van der Waals surface area contributed by atoms with E-state index >= 15 is 0 Å². The second-order valence-electron chi connectivity index (χ2n) is 4.84. The van der Waals surface area contributed by atoms with Gasteiger partial charge in [-0.05, 0) is 30.5 Å². The Hall–Kier alpha value is -1.05. The summed E-state index contributed by atoms with van der Waals surface area (Å²) in [5.41, 5.74) is 7.89. The molecular weight excluding hydrogens is 290 g/mol. The molecule has 18 heavy (non-hydrogen) atoms. The van der Waals surface area contributed by atoms with Gasteiger partial charge in [-0.15, -0.1) is 0 Å². The molecular formula is C14H18BrN3. The van der Waals surface area contributed by atoms with Gasteiger partial charge in [0.25, 0.3) is 0 Å². The number of benzene rings is 1. The highest BCUT2D eigenvalue weighted by atomic mass is 79.9. The van der Waals surface area contributed by atoms with Crippen LogP contribution in [0.15, 0.2) is 22.7 Å². The summed E-state index contributed by atoms with van der Waals surface area (Å²) in [4.78, 5) is 2.29. The molecule has 1 heterocycles. The fourth-order valence-corrected chi connectivity index (χ4v) is 2.91. The predicted octanol–water partition coefficient (Wildman–Crippen LogP) is 2.88. The third kappa shape index (κ3) is 2.68. The van der Waals surface area contributed by atoms with Crippen LogP contribution >= 0.6 is 15.9 Å². The van der Waals surface area contributed by atoms with E-state index < -0.39 is 0 Å². The van der Waals surface area contributed by atoms with Gasteiger partial charge < -0.3 is 10.6 Å². The number of halogens is 1. The van der Waals surface area contributed by atoms with Crippen LogP contribution in [0.4, 0.5) is 5.69 Å². The van der Waals surface area contributed by atoms with Crippen LogP contribution in [0.2, 0.25) is 0 Å². The standard InChI is InChI=1S/C14H18BrN3/c1-2-10-9-18(6-5-13(10)17)14-7-12(15)4-3-11(14)8-16/h3-4,7,10,13H,2,5-6,9,17H2,1H3. The van der Waals surface area contributed by atoms with Crippen molar-refractivity contribution in [1.82, 2.24) is 0 Å². The van der Waals surface area contributed by atoms with Crippen molar-refractivity contribution < 1.29 is 0 Å². The molecule has 2 N–H and O–H groups in total. The van der Waals surface area contributed by atoms with E-state index in [1.165, 1.54) is 0 Å². The zero-order chi connectivity index (χ0) is 13.1. The molecule has 0 aliphatic carbocycles. The Morgan fingerprint density at radius 3 is 3.00 bits per heavy atom. The molecule has 0 amide bonds. The lowest BCUT2D eigenvalue weighted by molar-refractivity contribution is 0.348. The maximum atomic E-state index is 9.20. The van der Waals surface area contributed by atoms with Crippen molar-refractivity contribution in [3.8, 4) is 6.07 Å². The minimum Gasteiger partial charge on any atom is -0.370 e. The average Bonchev–Trinajstić information content (AvgIpc) is 2.39. The third-order valence-corrected chi connectivity index (χ3v) is 4.23. The first kappa shape index (κ1) is 13.4. The molecule has 4 heteroatoms. The third-order valence-electron chi connectivity index (χ3n) is 3.74. The quantitative estimate of drug-likeness (QED) is 0.914. The summed E-state index contributed by atoms with van der Waals surface area (Å²) in [6.07, 6.45) is 2.09. The molecule has 0 aromatic heterocycles. The highest BCUT2D eigenvalue weighted by Crippen LogP contribution is 2.29. The number of hydrogen-bond donors (Lipinski definition) is 1. The van der Waals surface area contributed by atoms with Gasteiger partial charge >= 0.3 is 0 Å². The zero-order valence-electron chi connectivity index (χ0n) is 10.6. The summed E-state index contributed by atoms with van der Waals surface area (Å²) in [5.74, 6) is 0.518. The van der Waals surface area contributed by atoms with Crippen molar-refractivity contribution in [2.75, 3.05) is 18.0 Å². The molecule has 3 nitrogen and oxygen atoms in total. The number of nitrogens with zero attached hydrogens (tertiary/aromatic N) is 2. The van der Waals surface area contributed by atoms with E-state index in [2.05, 4.69) is 33.8 Å². The van der Waals surface area contributed by atoms with Crippen LogP contribution in [0, 0.1) is 17.2 Å². The molecule has 96 valence electrons. The second-order valence-corrected chi connectivity index (χ2v) is 5.76. The molecule has 1 aromatic carbocycles. The molecule has 0 bridgehead atoms. The lowest BCUT2D eigenvalue weighted by Crippen LogP contribution is -2.47. The van der Waals surface area contributed by atoms with E-state index in [1.807, 2.05) is 18.2 Å². The highest BCUT2D eigenvalue weighted by Gasteiger charge is 2.26. The van der Waals surface area contributed by atoms with Gasteiger partial charge in [0.15, 0.2) is 0 Å². The molecule has 2 rings (SSSR count). The summed E-state index contributed by atoms with van der Waals surface area (Å²) >= 11 is 3.48. The molecule has 1 aliphatic heterocycles. The molecule has 0 radical (unpaired) electrons. The predicted molar refractivity (Wildman–Crippen MR) is 77.4 cm³/mol. The maximum absolute atomic E-state index is 9.20. The fourth-order valence-electron chi connectivity index (χ4n) is 2.56. The average molecular weight is 308 g/mol. The largest absolute Gasteiger partial charge is 0.370 e. The van der Waals surface area contributed by atoms with Crippen LogP contribution in [0.5, 0.6) is 0 Å². The van der Waals surface area contributed by atoms with Gasteiger partial charge in [-0.25, -0.2) is 0 Å². The number of rotatable bonds is 2. The Bertz CT molecular complexity index is 467. The van der Waals surface area contributed by atoms with Gasteiger partial charge in [-0.1, -0.05) is 29.3 Å². The molecule has 1 fully saturated rings. The normalized spacial score (nSPS) is 23.8. The van der Waals surface area contributed by atoms with E-state index in [0.29, 0.717) is 12.0 Å². The van der Waals surface area contributed by atoms with Gasteiger partial charge in [0.1, 0.15) is 6.07 Å². The van der Waals surface area contributed by atoms with Crippen molar-refractivity contribution in [2.45, 2.75) is 25.8 Å². The van der Waals surface area contributed by atoms with Crippen molar-refractivity contribution in [3.63, 3.8) is 0 Å². The van der Waals surface area contributed by atoms with Gasteiger partial charge in [0.05, 0.1) is 11.3 Å². The monoisotopic (exact) mass is 307 g/mol. The van der Waals surface area contributed by atoms with Crippen molar-refractivity contribution in [2.24, 2.45) is 11.7 Å². The number of anilines is 1. The molecule has 0 saturated carbocycles. The smallest absolute Gasteiger partial charge is 0.101 e. The Labute approximate surface area is 117 Å². The van der Waals surface area contributed by atoms with E-state index in [1.54, 1.807) is 0 Å². The maximum Gasteiger partial charge on any atom is 0.101 e. The number of hydrogen-bond acceptors (Lipinski definition) is 3. The Morgan fingerprint density at radius 1 is 1.56 bits per heavy atom. The first-order valence-electron chi connectivity index (χ1n) is 6.36. The molecule has 2 atom stereocenters. The molecule has 1 aromatic rings. The van der Waals surface area contributed by atoms with Crippen LogP contribution in [0.3, 0.4) is 0 Å². The van der Waals surface area contributed by atoms with Crippen LogP contribution in [-0.4, -0.2) is 19.1 Å². The SMILES string of the molecule is CCC1CN(c2cc(Br)ccc2C#N)CCC1N. The number of nitriles is 1. The Balaban J connectivity index is 2.27. The lowest BCUT2D eigenvalue weighted by atomic mass is 9.90. The zero-order valence-corrected chi connectivity index (χ0v) is 12.2. The van der Waals surface area contributed by atoms with Gasteiger partial charge in [0.2, 0.25) is 0 Å². The van der Waals surface area contributed by atoms with Crippen molar-refractivity contribution in [1.29, 1.82) is 5.26 Å². The van der Waals surface area contributed by atoms with Gasteiger partial charge in [-0.3, -0.25) is 0 Å². The van der Waals surface area contributed by atoms with Crippen molar-refractivity contribution in [3.05, 3.63) is 28.2 Å². The minimum absolute atomic E-state index is 0.295. The first-order chi connectivity index (χ1) is 8.65. The van der Waals surface area contributed by atoms with E-state index in [9.17, 15) is 5.26 Å². The highest BCUT2D eigenvalue weighted by molar-refractivity contribution is 9.10. The summed E-state index contributed by atoms with van der Waals surface area (Å²) < 4.78 is 1.01. The summed E-state index contributed by atoms with van der Waals surface area (Å²) in [5, 5.41) is 9.20. The summed E-state index contributed by atoms with van der Waals surface area (Å²) in [6.45, 7) is 4.06. The number of piperidine rings is 1. The molecule has 1 saturated heterocycles. The van der Waals surface area contributed by atoms with E-state index in [-0.39, 0.29) is 0 Å².